The Morgan fingerprint density at radius 3 is 3.00 bits per heavy atom. The van der Waals surface area contributed by atoms with Gasteiger partial charge in [-0.25, -0.2) is 0 Å². The molecule has 0 saturated carbocycles. The van der Waals surface area contributed by atoms with Gasteiger partial charge in [-0.1, -0.05) is 6.92 Å². The molecule has 1 aliphatic rings. The van der Waals surface area contributed by atoms with Crippen molar-refractivity contribution >= 4 is 10.9 Å². The first kappa shape index (κ1) is 13.2. The lowest BCUT2D eigenvalue weighted by Gasteiger charge is -2.25. The number of rotatable bonds is 3. The van der Waals surface area contributed by atoms with Crippen LogP contribution in [0.25, 0.3) is 10.9 Å². The molecule has 3 rings (SSSR count). The average Bonchev–Trinajstić information content (AvgIpc) is 2.46. The summed E-state index contributed by atoms with van der Waals surface area (Å²) in [6.07, 6.45) is 4.24. The highest BCUT2D eigenvalue weighted by atomic mass is 16.5. The third-order valence-corrected chi connectivity index (χ3v) is 3.83. The summed E-state index contributed by atoms with van der Waals surface area (Å²) < 4.78 is 11.7. The van der Waals surface area contributed by atoms with Gasteiger partial charge in [0.15, 0.2) is 0 Å². The van der Waals surface area contributed by atoms with Crippen LogP contribution in [0.1, 0.15) is 32.8 Å². The summed E-state index contributed by atoms with van der Waals surface area (Å²) in [5.74, 6) is 2.44. The van der Waals surface area contributed by atoms with Crippen LogP contribution in [0.15, 0.2) is 24.4 Å². The largest absolute Gasteiger partial charge is 0.491 e. The zero-order valence-corrected chi connectivity index (χ0v) is 12.3. The van der Waals surface area contributed by atoms with Crippen molar-refractivity contribution in [3.63, 3.8) is 0 Å². The van der Waals surface area contributed by atoms with Gasteiger partial charge in [0.1, 0.15) is 11.5 Å². The van der Waals surface area contributed by atoms with Crippen LogP contribution < -0.4 is 9.47 Å². The van der Waals surface area contributed by atoms with E-state index in [4.69, 9.17) is 9.47 Å². The van der Waals surface area contributed by atoms with Gasteiger partial charge in [-0.05, 0) is 50.8 Å². The zero-order valence-electron chi connectivity index (χ0n) is 12.3. The number of aromatic nitrogens is 1. The van der Waals surface area contributed by atoms with Crippen molar-refractivity contribution < 1.29 is 9.47 Å². The molecule has 3 nitrogen and oxygen atoms in total. The lowest BCUT2D eigenvalue weighted by Crippen LogP contribution is -2.20. The van der Waals surface area contributed by atoms with Crippen LogP contribution in [0, 0.1) is 5.92 Å². The Balaban J connectivity index is 2.07. The highest BCUT2D eigenvalue weighted by Gasteiger charge is 2.21. The van der Waals surface area contributed by atoms with E-state index in [0.29, 0.717) is 5.92 Å². The number of benzene rings is 1. The minimum Gasteiger partial charge on any atom is -0.491 e. The Kier molecular flexibility index (Phi) is 3.51. The first-order valence-electron chi connectivity index (χ1n) is 7.38. The predicted molar refractivity (Wildman–Crippen MR) is 80.5 cm³/mol. The molecule has 0 amide bonds. The van der Waals surface area contributed by atoms with Crippen molar-refractivity contribution in [3.8, 4) is 11.5 Å². The van der Waals surface area contributed by atoms with Crippen molar-refractivity contribution in [1.82, 2.24) is 4.98 Å². The summed E-state index contributed by atoms with van der Waals surface area (Å²) in [5, 5.41) is 1.17. The van der Waals surface area contributed by atoms with Crippen molar-refractivity contribution in [2.75, 3.05) is 6.61 Å². The number of fused-ring (bicyclic) bond motifs is 3. The highest BCUT2D eigenvalue weighted by Crippen LogP contribution is 2.35. The third kappa shape index (κ3) is 2.45. The molecule has 3 heteroatoms. The average molecular weight is 271 g/mol. The van der Waals surface area contributed by atoms with Crippen LogP contribution in [0.3, 0.4) is 0 Å². The first-order valence-corrected chi connectivity index (χ1v) is 7.38. The topological polar surface area (TPSA) is 31.4 Å². The molecule has 106 valence electrons. The molecular weight excluding hydrogens is 250 g/mol. The number of hydrogen-bond donors (Lipinski definition) is 0. The molecule has 2 heterocycles. The quantitative estimate of drug-likeness (QED) is 0.846. The van der Waals surface area contributed by atoms with Gasteiger partial charge in [-0.15, -0.1) is 0 Å². The molecule has 0 saturated heterocycles. The van der Waals surface area contributed by atoms with Gasteiger partial charge in [-0.3, -0.25) is 4.98 Å². The summed E-state index contributed by atoms with van der Waals surface area (Å²) in [4.78, 5) is 4.49. The van der Waals surface area contributed by atoms with E-state index >= 15 is 0 Å². The van der Waals surface area contributed by atoms with Gasteiger partial charge in [-0.2, -0.15) is 0 Å². The molecule has 1 aliphatic heterocycles. The summed E-state index contributed by atoms with van der Waals surface area (Å²) >= 11 is 0. The van der Waals surface area contributed by atoms with Crippen molar-refractivity contribution in [1.29, 1.82) is 0 Å². The Bertz CT molecular complexity index is 622. The van der Waals surface area contributed by atoms with Gasteiger partial charge in [0.2, 0.25) is 0 Å². The Hall–Kier alpha value is -1.77. The molecule has 0 radical (unpaired) electrons. The molecule has 1 atom stereocenters. The molecule has 0 bridgehead atoms. The molecule has 1 aromatic carbocycles. The summed E-state index contributed by atoms with van der Waals surface area (Å²) in [6.45, 7) is 7.10. The van der Waals surface area contributed by atoms with Crippen LogP contribution >= 0.6 is 0 Å². The van der Waals surface area contributed by atoms with E-state index in [0.717, 1.165) is 36.5 Å². The van der Waals surface area contributed by atoms with Crippen LogP contribution in [0.4, 0.5) is 0 Å². The molecular formula is C17H21NO2. The van der Waals surface area contributed by atoms with Crippen molar-refractivity contribution in [2.24, 2.45) is 5.92 Å². The maximum Gasteiger partial charge on any atom is 0.141 e. The second-order valence-electron chi connectivity index (χ2n) is 5.74. The summed E-state index contributed by atoms with van der Waals surface area (Å²) in [6, 6.07) is 6.12. The van der Waals surface area contributed by atoms with Gasteiger partial charge >= 0.3 is 0 Å². The van der Waals surface area contributed by atoms with E-state index in [-0.39, 0.29) is 6.10 Å². The Morgan fingerprint density at radius 2 is 2.25 bits per heavy atom. The van der Waals surface area contributed by atoms with E-state index in [9.17, 15) is 0 Å². The molecule has 0 N–H and O–H groups in total. The smallest absolute Gasteiger partial charge is 0.141 e. The number of pyridine rings is 1. The maximum absolute atomic E-state index is 5.85. The molecule has 0 fully saturated rings. The fraction of sp³-hybridized carbons (Fsp3) is 0.471. The fourth-order valence-corrected chi connectivity index (χ4v) is 2.71. The number of ether oxygens (including phenoxy) is 2. The van der Waals surface area contributed by atoms with Gasteiger partial charge in [0, 0.05) is 10.9 Å². The summed E-state index contributed by atoms with van der Waals surface area (Å²) in [5.41, 5.74) is 2.29. The highest BCUT2D eigenvalue weighted by molar-refractivity contribution is 5.85. The van der Waals surface area contributed by atoms with E-state index < -0.39 is 0 Å². The lowest BCUT2D eigenvalue weighted by atomic mass is 9.92. The SMILES string of the molecule is CCC1COc2cnc3ccc(OC(C)C)cc3c2C1. The van der Waals surface area contributed by atoms with Crippen LogP contribution in [-0.4, -0.2) is 17.7 Å². The monoisotopic (exact) mass is 271 g/mol. The van der Waals surface area contributed by atoms with E-state index in [2.05, 4.69) is 18.0 Å². The molecule has 1 aromatic heterocycles. The normalized spacial score (nSPS) is 17.9. The molecule has 20 heavy (non-hydrogen) atoms. The van der Waals surface area contributed by atoms with Gasteiger partial charge < -0.3 is 9.47 Å². The number of hydrogen-bond acceptors (Lipinski definition) is 3. The second kappa shape index (κ2) is 5.31. The van der Waals surface area contributed by atoms with E-state index in [1.807, 2.05) is 32.2 Å². The molecule has 1 unspecified atom stereocenters. The van der Waals surface area contributed by atoms with Crippen molar-refractivity contribution in [2.45, 2.75) is 39.7 Å². The van der Waals surface area contributed by atoms with Gasteiger partial charge in [0.05, 0.1) is 24.4 Å². The second-order valence-corrected chi connectivity index (χ2v) is 5.74. The number of nitrogens with zero attached hydrogens (tertiary/aromatic N) is 1. The van der Waals surface area contributed by atoms with E-state index in [1.165, 1.54) is 10.9 Å². The minimum absolute atomic E-state index is 0.180. The van der Waals surface area contributed by atoms with Crippen LogP contribution in [-0.2, 0) is 6.42 Å². The first-order chi connectivity index (χ1) is 9.67. The zero-order chi connectivity index (χ0) is 14.1. The van der Waals surface area contributed by atoms with Crippen LogP contribution in [0.5, 0.6) is 11.5 Å². The Morgan fingerprint density at radius 1 is 1.40 bits per heavy atom. The molecule has 0 spiro atoms. The molecule has 2 aromatic rings. The maximum atomic E-state index is 5.85. The Labute approximate surface area is 119 Å². The lowest BCUT2D eigenvalue weighted by molar-refractivity contribution is 0.218. The molecule has 0 aliphatic carbocycles. The van der Waals surface area contributed by atoms with E-state index in [1.54, 1.807) is 0 Å². The fourth-order valence-electron chi connectivity index (χ4n) is 2.71. The summed E-state index contributed by atoms with van der Waals surface area (Å²) in [7, 11) is 0. The standard InChI is InChI=1S/C17H21NO2/c1-4-12-7-15-14-8-13(20-11(2)3)5-6-16(14)18-9-17(15)19-10-12/h5-6,8-9,11-12H,4,7,10H2,1-3H3. The van der Waals surface area contributed by atoms with Crippen LogP contribution in [0.2, 0.25) is 0 Å². The van der Waals surface area contributed by atoms with Gasteiger partial charge in [0.25, 0.3) is 0 Å². The minimum atomic E-state index is 0.180. The van der Waals surface area contributed by atoms with Crippen molar-refractivity contribution in [3.05, 3.63) is 30.0 Å². The third-order valence-electron chi connectivity index (χ3n) is 3.83. The predicted octanol–water partition coefficient (Wildman–Crippen LogP) is 3.98.